The van der Waals surface area contributed by atoms with E-state index in [9.17, 15) is 0 Å². The average Bonchev–Trinajstić information content (AvgIpc) is 3.00. The highest BCUT2D eigenvalue weighted by molar-refractivity contribution is 5.22. The SMILES string of the molecule is c1ccc(C2CC(NC3CCCC3C3COCCN3)C2)cc1. The van der Waals surface area contributed by atoms with E-state index < -0.39 is 0 Å². The van der Waals surface area contributed by atoms with Crippen LogP contribution in [-0.2, 0) is 4.74 Å². The molecule has 4 rings (SSSR count). The lowest BCUT2D eigenvalue weighted by molar-refractivity contribution is 0.0503. The number of hydrogen-bond donors (Lipinski definition) is 2. The molecule has 0 spiro atoms. The molecule has 0 bridgehead atoms. The first-order chi connectivity index (χ1) is 10.9. The average molecular weight is 300 g/mol. The zero-order valence-electron chi connectivity index (χ0n) is 13.3. The van der Waals surface area contributed by atoms with Crippen LogP contribution in [0.3, 0.4) is 0 Å². The van der Waals surface area contributed by atoms with Gasteiger partial charge in [0.1, 0.15) is 0 Å². The number of morpholine rings is 1. The van der Waals surface area contributed by atoms with Gasteiger partial charge in [0, 0.05) is 24.7 Å². The second-order valence-corrected chi connectivity index (χ2v) is 7.28. The van der Waals surface area contributed by atoms with Crippen molar-refractivity contribution in [3.05, 3.63) is 35.9 Å². The van der Waals surface area contributed by atoms with E-state index in [1.54, 1.807) is 0 Å². The topological polar surface area (TPSA) is 33.3 Å². The van der Waals surface area contributed by atoms with Gasteiger partial charge in [-0.3, -0.25) is 0 Å². The van der Waals surface area contributed by atoms with Crippen molar-refractivity contribution in [2.24, 2.45) is 5.92 Å². The highest BCUT2D eigenvalue weighted by Gasteiger charge is 2.38. The molecule has 1 saturated heterocycles. The van der Waals surface area contributed by atoms with Crippen LogP contribution in [0, 0.1) is 5.92 Å². The monoisotopic (exact) mass is 300 g/mol. The van der Waals surface area contributed by atoms with Gasteiger partial charge in [-0.1, -0.05) is 36.8 Å². The summed E-state index contributed by atoms with van der Waals surface area (Å²) < 4.78 is 5.67. The lowest BCUT2D eigenvalue weighted by atomic mass is 9.75. The fourth-order valence-electron chi connectivity index (χ4n) is 4.59. The molecule has 22 heavy (non-hydrogen) atoms. The summed E-state index contributed by atoms with van der Waals surface area (Å²) in [6.45, 7) is 2.80. The fourth-order valence-corrected chi connectivity index (χ4v) is 4.59. The van der Waals surface area contributed by atoms with Crippen LogP contribution in [0.2, 0.25) is 0 Å². The molecule has 0 radical (unpaired) electrons. The summed E-state index contributed by atoms with van der Waals surface area (Å²) in [7, 11) is 0. The van der Waals surface area contributed by atoms with E-state index in [0.29, 0.717) is 12.1 Å². The number of rotatable bonds is 4. The van der Waals surface area contributed by atoms with Gasteiger partial charge in [0.25, 0.3) is 0 Å². The van der Waals surface area contributed by atoms with Crippen LogP contribution in [0.15, 0.2) is 30.3 Å². The Morgan fingerprint density at radius 1 is 1.09 bits per heavy atom. The lowest BCUT2D eigenvalue weighted by Crippen LogP contribution is -2.54. The van der Waals surface area contributed by atoms with E-state index in [-0.39, 0.29) is 0 Å². The molecular formula is C19H28N2O. The molecule has 3 unspecified atom stereocenters. The number of nitrogens with one attached hydrogen (secondary N) is 2. The Kier molecular flexibility index (Phi) is 4.47. The molecule has 0 amide bonds. The highest BCUT2D eigenvalue weighted by atomic mass is 16.5. The van der Waals surface area contributed by atoms with Gasteiger partial charge in [0.15, 0.2) is 0 Å². The summed E-state index contributed by atoms with van der Waals surface area (Å²) in [5.41, 5.74) is 1.52. The Morgan fingerprint density at radius 2 is 1.95 bits per heavy atom. The summed E-state index contributed by atoms with van der Waals surface area (Å²) in [6.07, 6.45) is 6.68. The second kappa shape index (κ2) is 6.69. The molecule has 2 N–H and O–H groups in total. The molecule has 1 aromatic carbocycles. The van der Waals surface area contributed by atoms with Gasteiger partial charge in [-0.2, -0.15) is 0 Å². The van der Waals surface area contributed by atoms with Crippen LogP contribution in [0.5, 0.6) is 0 Å². The summed E-state index contributed by atoms with van der Waals surface area (Å²) in [5, 5.41) is 7.64. The zero-order valence-corrected chi connectivity index (χ0v) is 13.3. The van der Waals surface area contributed by atoms with E-state index in [1.165, 1.54) is 37.7 Å². The van der Waals surface area contributed by atoms with Crippen molar-refractivity contribution in [1.82, 2.24) is 10.6 Å². The van der Waals surface area contributed by atoms with E-state index in [2.05, 4.69) is 41.0 Å². The van der Waals surface area contributed by atoms with Gasteiger partial charge >= 0.3 is 0 Å². The minimum atomic E-state index is 0.568. The first-order valence-electron chi connectivity index (χ1n) is 9.02. The van der Waals surface area contributed by atoms with Crippen molar-refractivity contribution in [3.63, 3.8) is 0 Å². The minimum absolute atomic E-state index is 0.568. The van der Waals surface area contributed by atoms with Gasteiger partial charge in [-0.25, -0.2) is 0 Å². The van der Waals surface area contributed by atoms with Crippen LogP contribution in [0.1, 0.15) is 43.6 Å². The molecule has 2 aliphatic carbocycles. The molecule has 3 heteroatoms. The van der Waals surface area contributed by atoms with Gasteiger partial charge in [-0.15, -0.1) is 0 Å². The summed E-state index contributed by atoms with van der Waals surface area (Å²) in [4.78, 5) is 0. The molecule has 3 fully saturated rings. The van der Waals surface area contributed by atoms with Gasteiger partial charge in [0.2, 0.25) is 0 Å². The molecule has 1 heterocycles. The third-order valence-corrected chi connectivity index (χ3v) is 5.90. The predicted molar refractivity (Wildman–Crippen MR) is 89.1 cm³/mol. The zero-order chi connectivity index (χ0) is 14.8. The third kappa shape index (κ3) is 3.08. The number of benzene rings is 1. The molecular weight excluding hydrogens is 272 g/mol. The van der Waals surface area contributed by atoms with Crippen LogP contribution in [0.25, 0.3) is 0 Å². The van der Waals surface area contributed by atoms with Crippen LogP contribution < -0.4 is 10.6 Å². The van der Waals surface area contributed by atoms with Crippen molar-refractivity contribution in [1.29, 1.82) is 0 Å². The van der Waals surface area contributed by atoms with Crippen molar-refractivity contribution in [3.8, 4) is 0 Å². The summed E-state index contributed by atoms with van der Waals surface area (Å²) in [6, 6.07) is 13.0. The standard InChI is InChI=1S/C19H28N2O/c1-2-5-14(6-3-1)15-11-16(12-15)21-18-8-4-7-17(18)19-13-22-10-9-20-19/h1-3,5-6,15-21H,4,7-13H2. The van der Waals surface area contributed by atoms with Crippen LogP contribution >= 0.6 is 0 Å². The molecule has 1 aromatic rings. The van der Waals surface area contributed by atoms with Gasteiger partial charge in [0.05, 0.1) is 13.2 Å². The predicted octanol–water partition coefficient (Wildman–Crippen LogP) is 2.68. The van der Waals surface area contributed by atoms with Crippen LogP contribution in [0.4, 0.5) is 0 Å². The number of hydrogen-bond acceptors (Lipinski definition) is 3. The van der Waals surface area contributed by atoms with Crippen molar-refractivity contribution in [2.75, 3.05) is 19.8 Å². The van der Waals surface area contributed by atoms with E-state index in [1.807, 2.05) is 0 Å². The van der Waals surface area contributed by atoms with Crippen molar-refractivity contribution in [2.45, 2.75) is 56.1 Å². The smallest absolute Gasteiger partial charge is 0.0623 e. The van der Waals surface area contributed by atoms with Crippen molar-refractivity contribution >= 4 is 0 Å². The third-order valence-electron chi connectivity index (χ3n) is 5.90. The Labute approximate surface area is 133 Å². The maximum Gasteiger partial charge on any atom is 0.0623 e. The maximum absolute atomic E-state index is 5.67. The minimum Gasteiger partial charge on any atom is -0.379 e. The normalized spacial score (nSPS) is 38.6. The first-order valence-corrected chi connectivity index (χ1v) is 9.02. The van der Waals surface area contributed by atoms with E-state index in [4.69, 9.17) is 4.74 Å². The van der Waals surface area contributed by atoms with Gasteiger partial charge < -0.3 is 15.4 Å². The quantitative estimate of drug-likeness (QED) is 0.897. The molecule has 1 aliphatic heterocycles. The van der Waals surface area contributed by atoms with E-state index in [0.717, 1.165) is 37.6 Å². The second-order valence-electron chi connectivity index (χ2n) is 7.28. The Bertz CT molecular complexity index is 466. The summed E-state index contributed by atoms with van der Waals surface area (Å²) >= 11 is 0. The molecule has 120 valence electrons. The highest BCUT2D eigenvalue weighted by Crippen LogP contribution is 2.39. The Balaban J connectivity index is 1.29. The van der Waals surface area contributed by atoms with Crippen molar-refractivity contribution < 1.29 is 4.74 Å². The lowest BCUT2D eigenvalue weighted by Gasteiger charge is -2.41. The maximum atomic E-state index is 5.67. The first kappa shape index (κ1) is 14.7. The van der Waals surface area contributed by atoms with Crippen LogP contribution in [-0.4, -0.2) is 37.9 Å². The molecule has 3 atom stereocenters. The Hall–Kier alpha value is -0.900. The van der Waals surface area contributed by atoms with Gasteiger partial charge in [-0.05, 0) is 43.1 Å². The molecule has 2 saturated carbocycles. The number of ether oxygens (including phenoxy) is 1. The largest absolute Gasteiger partial charge is 0.379 e. The fraction of sp³-hybridized carbons (Fsp3) is 0.684. The van der Waals surface area contributed by atoms with E-state index >= 15 is 0 Å². The molecule has 3 aliphatic rings. The molecule has 0 aromatic heterocycles. The summed E-state index contributed by atoms with van der Waals surface area (Å²) in [5.74, 6) is 1.53. The molecule has 3 nitrogen and oxygen atoms in total. The Morgan fingerprint density at radius 3 is 2.73 bits per heavy atom.